The van der Waals surface area contributed by atoms with Gasteiger partial charge in [-0.2, -0.15) is 0 Å². The molecule has 1 heterocycles. The van der Waals surface area contributed by atoms with Crippen molar-refractivity contribution in [3.63, 3.8) is 0 Å². The first-order chi connectivity index (χ1) is 9.46. The second-order valence-corrected chi connectivity index (χ2v) is 7.50. The molecule has 6 heteroatoms. The molecule has 1 aromatic heterocycles. The molecule has 0 saturated carbocycles. The van der Waals surface area contributed by atoms with Crippen LogP contribution < -0.4 is 4.72 Å². The number of aryl methyl sites for hydroxylation is 2. The van der Waals surface area contributed by atoms with Crippen LogP contribution in [0.1, 0.15) is 21.7 Å². The van der Waals surface area contributed by atoms with Crippen LogP contribution in [0.3, 0.4) is 0 Å². The predicted octanol–water partition coefficient (Wildman–Crippen LogP) is 2.42. The van der Waals surface area contributed by atoms with Crippen molar-refractivity contribution in [2.75, 3.05) is 6.54 Å². The van der Waals surface area contributed by atoms with Crippen LogP contribution in [0.4, 0.5) is 0 Å². The Bertz CT molecular complexity index is 661. The predicted molar refractivity (Wildman–Crippen MR) is 82.4 cm³/mol. The second-order valence-electron chi connectivity index (χ2n) is 4.75. The number of rotatable bonds is 6. The summed E-state index contributed by atoms with van der Waals surface area (Å²) >= 11 is 1.56. The number of nitrogens with one attached hydrogen (secondary N) is 1. The zero-order valence-electron chi connectivity index (χ0n) is 11.6. The Morgan fingerprint density at radius 2 is 1.90 bits per heavy atom. The van der Waals surface area contributed by atoms with Crippen LogP contribution in [-0.2, 0) is 22.2 Å². The Kier molecular flexibility index (Phi) is 4.91. The van der Waals surface area contributed by atoms with E-state index in [2.05, 4.69) is 9.71 Å². The molecule has 0 spiro atoms. The largest absolute Gasteiger partial charge is 0.250 e. The molecule has 2 rings (SSSR count). The lowest BCUT2D eigenvalue weighted by molar-refractivity contribution is 0.581. The number of aromatic nitrogens is 1. The third kappa shape index (κ3) is 4.40. The van der Waals surface area contributed by atoms with Gasteiger partial charge in [0.15, 0.2) is 0 Å². The molecule has 0 saturated heterocycles. The molecule has 1 aromatic carbocycles. The second kappa shape index (κ2) is 6.47. The molecule has 0 fully saturated rings. The summed E-state index contributed by atoms with van der Waals surface area (Å²) in [6.45, 7) is 4.33. The lowest BCUT2D eigenvalue weighted by atomic mass is 10.2. The zero-order chi connectivity index (χ0) is 14.6. The van der Waals surface area contributed by atoms with E-state index in [0.29, 0.717) is 13.0 Å². The van der Waals surface area contributed by atoms with Crippen molar-refractivity contribution in [1.29, 1.82) is 0 Å². The fourth-order valence-electron chi connectivity index (χ4n) is 1.84. The molecule has 0 aliphatic heterocycles. The van der Waals surface area contributed by atoms with Crippen molar-refractivity contribution < 1.29 is 8.42 Å². The highest BCUT2D eigenvalue weighted by Gasteiger charge is 2.11. The molecule has 0 amide bonds. The average molecular weight is 310 g/mol. The minimum absolute atomic E-state index is 0.0228. The maximum absolute atomic E-state index is 12.0. The normalized spacial score (nSPS) is 11.7. The lowest BCUT2D eigenvalue weighted by Gasteiger charge is -2.06. The maximum Gasteiger partial charge on any atom is 0.215 e. The smallest absolute Gasteiger partial charge is 0.215 e. The maximum atomic E-state index is 12.0. The number of sulfonamides is 1. The molecule has 20 heavy (non-hydrogen) atoms. The Morgan fingerprint density at radius 3 is 2.50 bits per heavy atom. The first-order valence-electron chi connectivity index (χ1n) is 6.38. The van der Waals surface area contributed by atoms with E-state index in [-0.39, 0.29) is 5.75 Å². The van der Waals surface area contributed by atoms with Crippen molar-refractivity contribution in [3.8, 4) is 0 Å². The van der Waals surface area contributed by atoms with Gasteiger partial charge in [0.05, 0.1) is 17.0 Å². The van der Waals surface area contributed by atoms with E-state index in [1.807, 2.05) is 38.1 Å². The molecule has 0 unspecified atom stereocenters. The fraction of sp³-hybridized carbons (Fsp3) is 0.357. The van der Waals surface area contributed by atoms with Crippen LogP contribution in [0, 0.1) is 13.8 Å². The number of thiazole rings is 1. The zero-order valence-corrected chi connectivity index (χ0v) is 13.2. The Balaban J connectivity index is 1.88. The Labute approximate surface area is 123 Å². The summed E-state index contributed by atoms with van der Waals surface area (Å²) in [5.74, 6) is 0.0228. The number of nitrogens with zero attached hydrogens (tertiary/aromatic N) is 1. The lowest BCUT2D eigenvalue weighted by Crippen LogP contribution is -2.27. The summed E-state index contributed by atoms with van der Waals surface area (Å²) in [6, 6.07) is 7.54. The van der Waals surface area contributed by atoms with Crippen LogP contribution in [0.2, 0.25) is 0 Å². The topological polar surface area (TPSA) is 59.1 Å². The Hall–Kier alpha value is -1.24. The van der Waals surface area contributed by atoms with Gasteiger partial charge < -0.3 is 0 Å². The van der Waals surface area contributed by atoms with Gasteiger partial charge in [-0.1, -0.05) is 29.8 Å². The molecule has 0 atom stereocenters. The van der Waals surface area contributed by atoms with Gasteiger partial charge in [0, 0.05) is 11.4 Å². The monoisotopic (exact) mass is 310 g/mol. The highest BCUT2D eigenvalue weighted by atomic mass is 32.2. The standard InChI is InChI=1S/C14H18N2O2S2/c1-11-3-5-13(6-4-11)9-20(17,18)16-8-7-14-12(2)15-10-19-14/h3-6,10,16H,7-9H2,1-2H3. The fourth-order valence-corrected chi connectivity index (χ4v) is 3.77. The summed E-state index contributed by atoms with van der Waals surface area (Å²) in [5, 5.41) is 0. The summed E-state index contributed by atoms with van der Waals surface area (Å²) in [6.07, 6.45) is 0.684. The van der Waals surface area contributed by atoms with E-state index in [4.69, 9.17) is 0 Å². The van der Waals surface area contributed by atoms with Gasteiger partial charge in [-0.25, -0.2) is 18.1 Å². The van der Waals surface area contributed by atoms with E-state index in [1.165, 1.54) is 0 Å². The highest BCUT2D eigenvalue weighted by Crippen LogP contribution is 2.12. The van der Waals surface area contributed by atoms with Crippen molar-refractivity contribution >= 4 is 21.4 Å². The van der Waals surface area contributed by atoms with Crippen LogP contribution in [0.25, 0.3) is 0 Å². The van der Waals surface area contributed by atoms with Crippen LogP contribution in [-0.4, -0.2) is 19.9 Å². The summed E-state index contributed by atoms with van der Waals surface area (Å²) in [7, 11) is -3.28. The van der Waals surface area contributed by atoms with E-state index >= 15 is 0 Å². The van der Waals surface area contributed by atoms with Gasteiger partial charge in [0.2, 0.25) is 10.0 Å². The molecule has 0 aliphatic carbocycles. The van der Waals surface area contributed by atoms with Crippen LogP contribution in [0.5, 0.6) is 0 Å². The number of hydrogen-bond donors (Lipinski definition) is 1. The van der Waals surface area contributed by atoms with Gasteiger partial charge >= 0.3 is 0 Å². The summed E-state index contributed by atoms with van der Waals surface area (Å²) in [5.41, 5.74) is 4.69. The van der Waals surface area contributed by atoms with E-state index in [1.54, 1.807) is 16.8 Å². The van der Waals surface area contributed by atoms with Gasteiger partial charge in [-0.15, -0.1) is 11.3 Å². The van der Waals surface area contributed by atoms with E-state index < -0.39 is 10.0 Å². The van der Waals surface area contributed by atoms with Crippen molar-refractivity contribution in [1.82, 2.24) is 9.71 Å². The van der Waals surface area contributed by atoms with E-state index in [9.17, 15) is 8.42 Å². The first-order valence-corrected chi connectivity index (χ1v) is 8.91. The van der Waals surface area contributed by atoms with Crippen LogP contribution in [0.15, 0.2) is 29.8 Å². The molecule has 1 N–H and O–H groups in total. The quantitative estimate of drug-likeness (QED) is 0.891. The molecular weight excluding hydrogens is 292 g/mol. The van der Waals surface area contributed by atoms with Crippen molar-refractivity contribution in [3.05, 3.63) is 51.5 Å². The minimum atomic E-state index is -3.28. The summed E-state index contributed by atoms with van der Waals surface area (Å²) < 4.78 is 26.6. The molecule has 0 aliphatic rings. The molecule has 4 nitrogen and oxygen atoms in total. The number of hydrogen-bond acceptors (Lipinski definition) is 4. The van der Waals surface area contributed by atoms with Gasteiger partial charge in [0.1, 0.15) is 0 Å². The van der Waals surface area contributed by atoms with Crippen molar-refractivity contribution in [2.45, 2.75) is 26.0 Å². The number of benzene rings is 1. The molecule has 108 valence electrons. The van der Waals surface area contributed by atoms with Gasteiger partial charge in [-0.05, 0) is 25.8 Å². The average Bonchev–Trinajstić information content (AvgIpc) is 2.78. The first kappa shape index (κ1) is 15.2. The SMILES string of the molecule is Cc1ccc(CS(=O)(=O)NCCc2scnc2C)cc1. The third-order valence-electron chi connectivity index (χ3n) is 3.00. The van der Waals surface area contributed by atoms with Gasteiger partial charge in [-0.3, -0.25) is 0 Å². The molecule has 2 aromatic rings. The van der Waals surface area contributed by atoms with Crippen LogP contribution >= 0.6 is 11.3 Å². The van der Waals surface area contributed by atoms with Gasteiger partial charge in [0.25, 0.3) is 0 Å². The highest BCUT2D eigenvalue weighted by molar-refractivity contribution is 7.88. The molecular formula is C14H18N2O2S2. The molecule has 0 radical (unpaired) electrons. The van der Waals surface area contributed by atoms with E-state index in [0.717, 1.165) is 21.7 Å². The van der Waals surface area contributed by atoms with Crippen molar-refractivity contribution in [2.24, 2.45) is 0 Å². The molecule has 0 bridgehead atoms. The summed E-state index contributed by atoms with van der Waals surface area (Å²) in [4.78, 5) is 5.28. The third-order valence-corrected chi connectivity index (χ3v) is 5.35. The minimum Gasteiger partial charge on any atom is -0.250 e. The Morgan fingerprint density at radius 1 is 1.20 bits per heavy atom.